The third kappa shape index (κ3) is 2.22. The third-order valence-corrected chi connectivity index (χ3v) is 3.08. The van der Waals surface area contributed by atoms with E-state index in [1.807, 2.05) is 6.92 Å². The van der Waals surface area contributed by atoms with Crippen LogP contribution in [0.1, 0.15) is 19.0 Å². The molecule has 0 aliphatic carbocycles. The molecule has 0 radical (unpaired) electrons. The normalized spacial score (nSPS) is 10.9. The van der Waals surface area contributed by atoms with Gasteiger partial charge in [-0.3, -0.25) is 0 Å². The highest BCUT2D eigenvalue weighted by Gasteiger charge is 2.18. The van der Waals surface area contributed by atoms with E-state index in [0.29, 0.717) is 12.1 Å². The summed E-state index contributed by atoms with van der Waals surface area (Å²) in [7, 11) is 0. The lowest BCUT2D eigenvalue weighted by molar-refractivity contribution is 0.566. The minimum atomic E-state index is -0.718. The Bertz CT molecular complexity index is 559. The van der Waals surface area contributed by atoms with Gasteiger partial charge in [0.15, 0.2) is 11.6 Å². The summed E-state index contributed by atoms with van der Waals surface area (Å²) in [6.45, 7) is 1.97. The van der Waals surface area contributed by atoms with Gasteiger partial charge in [0.1, 0.15) is 11.5 Å². The minimum absolute atomic E-state index is 0.115. The maximum absolute atomic E-state index is 13.8. The van der Waals surface area contributed by atoms with Crippen LogP contribution in [0.2, 0.25) is 0 Å². The van der Waals surface area contributed by atoms with Crippen LogP contribution in [0.15, 0.2) is 16.6 Å². The quantitative estimate of drug-likeness (QED) is 0.947. The fourth-order valence-corrected chi connectivity index (χ4v) is 2.28. The van der Waals surface area contributed by atoms with Gasteiger partial charge in [0.2, 0.25) is 0 Å². The minimum Gasteiger partial charge on any atom is -0.381 e. The Morgan fingerprint density at radius 1 is 1.39 bits per heavy atom. The molecule has 4 nitrogen and oxygen atoms in total. The zero-order valence-electron chi connectivity index (χ0n) is 9.62. The summed E-state index contributed by atoms with van der Waals surface area (Å²) in [4.78, 5) is 0. The van der Waals surface area contributed by atoms with Crippen molar-refractivity contribution in [2.75, 3.05) is 5.73 Å². The second-order valence-electron chi connectivity index (χ2n) is 3.80. The van der Waals surface area contributed by atoms with Crippen molar-refractivity contribution in [1.82, 2.24) is 15.0 Å². The average Bonchev–Trinajstić information content (AvgIpc) is 2.61. The smallest absolute Gasteiger partial charge is 0.169 e. The molecule has 0 aliphatic rings. The van der Waals surface area contributed by atoms with Crippen molar-refractivity contribution in [1.29, 1.82) is 0 Å². The van der Waals surface area contributed by atoms with Crippen molar-refractivity contribution < 1.29 is 8.78 Å². The van der Waals surface area contributed by atoms with Gasteiger partial charge in [0.25, 0.3) is 0 Å². The lowest BCUT2D eigenvalue weighted by atomic mass is 10.2. The highest BCUT2D eigenvalue weighted by Crippen LogP contribution is 2.27. The predicted molar refractivity (Wildman–Crippen MR) is 67.4 cm³/mol. The van der Waals surface area contributed by atoms with Crippen LogP contribution in [0.4, 0.5) is 14.6 Å². The summed E-state index contributed by atoms with van der Waals surface area (Å²) in [5.41, 5.74) is 6.42. The van der Waals surface area contributed by atoms with Gasteiger partial charge in [0.05, 0.1) is 5.69 Å². The molecule has 1 heterocycles. The Morgan fingerprint density at radius 3 is 2.72 bits per heavy atom. The van der Waals surface area contributed by atoms with E-state index in [-0.39, 0.29) is 16.0 Å². The number of rotatable bonds is 3. The van der Waals surface area contributed by atoms with E-state index in [4.69, 9.17) is 5.73 Å². The standard InChI is InChI=1S/C11H11BrF2N4/c1-2-3-9-11(15)16-17-18(9)10-7(12)4-6(13)5-8(10)14/h4-5H,2-3,15H2,1H3. The first-order valence-corrected chi connectivity index (χ1v) is 6.18. The topological polar surface area (TPSA) is 56.7 Å². The molecule has 0 saturated heterocycles. The molecule has 0 bridgehead atoms. The fourth-order valence-electron chi connectivity index (χ4n) is 1.70. The van der Waals surface area contributed by atoms with E-state index >= 15 is 0 Å². The van der Waals surface area contributed by atoms with Gasteiger partial charge < -0.3 is 5.73 Å². The molecule has 18 heavy (non-hydrogen) atoms. The Labute approximate surface area is 111 Å². The van der Waals surface area contributed by atoms with Crippen LogP contribution in [-0.4, -0.2) is 15.0 Å². The van der Waals surface area contributed by atoms with Gasteiger partial charge in [-0.2, -0.15) is 0 Å². The molecule has 0 fully saturated rings. The number of nitrogen functional groups attached to an aromatic ring is 1. The van der Waals surface area contributed by atoms with Crippen molar-refractivity contribution in [2.45, 2.75) is 19.8 Å². The van der Waals surface area contributed by atoms with Crippen LogP contribution in [0.25, 0.3) is 5.69 Å². The Hall–Kier alpha value is -1.50. The zero-order valence-corrected chi connectivity index (χ0v) is 11.2. The summed E-state index contributed by atoms with van der Waals surface area (Å²) < 4.78 is 28.4. The van der Waals surface area contributed by atoms with Crippen LogP contribution in [0, 0.1) is 11.6 Å². The number of nitrogens with zero attached hydrogens (tertiary/aromatic N) is 3. The monoisotopic (exact) mass is 316 g/mol. The summed E-state index contributed by atoms with van der Waals surface area (Å²) in [5, 5.41) is 7.53. The van der Waals surface area contributed by atoms with E-state index in [1.165, 1.54) is 10.7 Å². The van der Waals surface area contributed by atoms with Crippen LogP contribution in [0.5, 0.6) is 0 Å². The lowest BCUT2D eigenvalue weighted by Crippen LogP contribution is -2.07. The molecule has 0 spiro atoms. The number of halogens is 3. The molecule has 7 heteroatoms. The molecule has 0 saturated carbocycles. The number of hydrogen-bond donors (Lipinski definition) is 1. The second-order valence-corrected chi connectivity index (χ2v) is 4.66. The van der Waals surface area contributed by atoms with Gasteiger partial charge in [-0.1, -0.05) is 18.6 Å². The highest BCUT2D eigenvalue weighted by molar-refractivity contribution is 9.10. The first kappa shape index (κ1) is 12.9. The van der Waals surface area contributed by atoms with Crippen molar-refractivity contribution in [3.63, 3.8) is 0 Å². The molecule has 1 aromatic heterocycles. The zero-order chi connectivity index (χ0) is 13.3. The average molecular weight is 317 g/mol. The summed E-state index contributed by atoms with van der Waals surface area (Å²) in [5.74, 6) is -1.12. The van der Waals surface area contributed by atoms with E-state index < -0.39 is 11.6 Å². The number of hydrogen-bond acceptors (Lipinski definition) is 3. The second kappa shape index (κ2) is 5.01. The van der Waals surface area contributed by atoms with E-state index in [1.54, 1.807) is 0 Å². The van der Waals surface area contributed by atoms with E-state index in [9.17, 15) is 8.78 Å². The predicted octanol–water partition coefficient (Wildman–Crippen LogP) is 2.84. The number of nitrogens with two attached hydrogens (primary N) is 1. The summed E-state index contributed by atoms with van der Waals surface area (Å²) in [6, 6.07) is 1.97. The molecule has 1 aromatic carbocycles. The molecule has 0 aliphatic heterocycles. The first-order valence-electron chi connectivity index (χ1n) is 5.39. The molecular formula is C11H11BrF2N4. The van der Waals surface area contributed by atoms with Gasteiger partial charge >= 0.3 is 0 Å². The highest BCUT2D eigenvalue weighted by atomic mass is 79.9. The van der Waals surface area contributed by atoms with Crippen molar-refractivity contribution >= 4 is 21.7 Å². The number of aromatic nitrogens is 3. The maximum atomic E-state index is 13.8. The van der Waals surface area contributed by atoms with Gasteiger partial charge in [-0.05, 0) is 28.4 Å². The van der Waals surface area contributed by atoms with Crippen molar-refractivity contribution in [2.24, 2.45) is 0 Å². The Morgan fingerprint density at radius 2 is 2.11 bits per heavy atom. The van der Waals surface area contributed by atoms with Gasteiger partial charge in [0, 0.05) is 10.5 Å². The Balaban J connectivity index is 2.62. The SMILES string of the molecule is CCCc1c(N)nnn1-c1c(F)cc(F)cc1Br. The van der Waals surface area contributed by atoms with E-state index in [0.717, 1.165) is 12.5 Å². The Kier molecular flexibility index (Phi) is 3.60. The summed E-state index contributed by atoms with van der Waals surface area (Å²) >= 11 is 3.12. The molecule has 0 unspecified atom stereocenters. The third-order valence-electron chi connectivity index (χ3n) is 2.47. The van der Waals surface area contributed by atoms with Crippen LogP contribution >= 0.6 is 15.9 Å². The molecule has 2 N–H and O–H groups in total. The van der Waals surface area contributed by atoms with Gasteiger partial charge in [-0.15, -0.1) is 5.10 Å². The molecular weight excluding hydrogens is 306 g/mol. The van der Waals surface area contributed by atoms with Gasteiger partial charge in [-0.25, -0.2) is 13.5 Å². The molecule has 0 amide bonds. The van der Waals surface area contributed by atoms with Crippen molar-refractivity contribution in [3.8, 4) is 5.69 Å². The maximum Gasteiger partial charge on any atom is 0.169 e. The largest absolute Gasteiger partial charge is 0.381 e. The molecule has 2 rings (SSSR count). The first-order chi connectivity index (χ1) is 8.54. The lowest BCUT2D eigenvalue weighted by Gasteiger charge is -2.09. The van der Waals surface area contributed by atoms with Crippen LogP contribution in [-0.2, 0) is 6.42 Å². The summed E-state index contributed by atoms with van der Waals surface area (Å²) in [6.07, 6.45) is 1.43. The number of anilines is 1. The molecule has 96 valence electrons. The molecule has 0 atom stereocenters. The number of benzene rings is 1. The molecule has 2 aromatic rings. The fraction of sp³-hybridized carbons (Fsp3) is 0.273. The van der Waals surface area contributed by atoms with Crippen LogP contribution in [0.3, 0.4) is 0 Å². The van der Waals surface area contributed by atoms with E-state index in [2.05, 4.69) is 26.2 Å². The van der Waals surface area contributed by atoms with Crippen LogP contribution < -0.4 is 5.73 Å². The van der Waals surface area contributed by atoms with Crippen molar-refractivity contribution in [3.05, 3.63) is 33.9 Å².